The van der Waals surface area contributed by atoms with Gasteiger partial charge in [-0.25, -0.2) is 4.79 Å². The second-order valence-corrected chi connectivity index (χ2v) is 7.51. The quantitative estimate of drug-likeness (QED) is 0.789. The highest BCUT2D eigenvalue weighted by atomic mass is 79.9. The second-order valence-electron chi connectivity index (χ2n) is 6.59. The van der Waals surface area contributed by atoms with E-state index < -0.39 is 0 Å². The van der Waals surface area contributed by atoms with E-state index >= 15 is 0 Å². The van der Waals surface area contributed by atoms with Gasteiger partial charge in [0.2, 0.25) is 0 Å². The molecule has 1 heterocycles. The molecule has 0 aromatic heterocycles. The molecule has 0 aliphatic carbocycles. The summed E-state index contributed by atoms with van der Waals surface area (Å²) in [7, 11) is 0. The van der Waals surface area contributed by atoms with Crippen LogP contribution in [-0.4, -0.2) is 30.1 Å². The molecule has 0 unspecified atom stereocenters. The Morgan fingerprint density at radius 3 is 2.60 bits per heavy atom. The first-order chi connectivity index (χ1) is 12.1. The van der Waals surface area contributed by atoms with Crippen molar-refractivity contribution < 1.29 is 4.79 Å². The Bertz CT molecular complexity index is 712. The fourth-order valence-corrected chi connectivity index (χ4v) is 3.51. The molecule has 0 spiro atoms. The molecule has 1 aliphatic heterocycles. The Morgan fingerprint density at radius 2 is 1.88 bits per heavy atom. The molecule has 5 heteroatoms. The predicted octanol–water partition coefficient (Wildman–Crippen LogP) is 4.54. The van der Waals surface area contributed by atoms with E-state index in [2.05, 4.69) is 55.7 Å². The van der Waals surface area contributed by atoms with Crippen LogP contribution in [-0.2, 0) is 6.54 Å². The SMILES string of the molecule is Cc1ccc(Br)cc1NC(=O)NC1CCN(Cc2ccccc2)CC1. The molecule has 0 radical (unpaired) electrons. The van der Waals surface area contributed by atoms with Crippen molar-refractivity contribution in [3.05, 3.63) is 64.1 Å². The minimum Gasteiger partial charge on any atom is -0.335 e. The summed E-state index contributed by atoms with van der Waals surface area (Å²) in [6.45, 7) is 4.99. The number of likely N-dealkylation sites (tertiary alicyclic amines) is 1. The molecule has 4 nitrogen and oxygen atoms in total. The number of benzene rings is 2. The molecule has 1 fully saturated rings. The summed E-state index contributed by atoms with van der Waals surface area (Å²) < 4.78 is 0.961. The van der Waals surface area contributed by atoms with Crippen LogP contribution in [0.4, 0.5) is 10.5 Å². The van der Waals surface area contributed by atoms with Crippen LogP contribution in [0, 0.1) is 6.92 Å². The van der Waals surface area contributed by atoms with Gasteiger partial charge in [-0.2, -0.15) is 0 Å². The number of hydrogen-bond acceptors (Lipinski definition) is 2. The largest absolute Gasteiger partial charge is 0.335 e. The molecule has 2 N–H and O–H groups in total. The minimum atomic E-state index is -0.122. The van der Waals surface area contributed by atoms with Crippen LogP contribution in [0.25, 0.3) is 0 Å². The molecule has 2 aromatic rings. The molecule has 3 rings (SSSR count). The summed E-state index contributed by atoms with van der Waals surface area (Å²) in [5.41, 5.74) is 3.24. The van der Waals surface area contributed by atoms with Crippen molar-refractivity contribution in [3.8, 4) is 0 Å². The van der Waals surface area contributed by atoms with Gasteiger partial charge < -0.3 is 10.6 Å². The molecule has 2 aromatic carbocycles. The van der Waals surface area contributed by atoms with Crippen molar-refractivity contribution in [3.63, 3.8) is 0 Å². The molecular weight excluding hydrogens is 378 g/mol. The normalized spacial score (nSPS) is 15.8. The molecule has 2 amide bonds. The van der Waals surface area contributed by atoms with Gasteiger partial charge in [-0.15, -0.1) is 0 Å². The van der Waals surface area contributed by atoms with Crippen LogP contribution < -0.4 is 10.6 Å². The van der Waals surface area contributed by atoms with E-state index in [4.69, 9.17) is 0 Å². The van der Waals surface area contributed by atoms with Gasteiger partial charge in [0.25, 0.3) is 0 Å². The van der Waals surface area contributed by atoms with Crippen LogP contribution in [0.5, 0.6) is 0 Å². The predicted molar refractivity (Wildman–Crippen MR) is 106 cm³/mol. The van der Waals surface area contributed by atoms with E-state index in [-0.39, 0.29) is 12.1 Å². The van der Waals surface area contributed by atoms with Gasteiger partial charge in [0.1, 0.15) is 0 Å². The maximum atomic E-state index is 12.3. The van der Waals surface area contributed by atoms with E-state index in [1.807, 2.05) is 31.2 Å². The Hall–Kier alpha value is -1.85. The standard InChI is InChI=1S/C20H24BrN3O/c1-15-7-8-17(21)13-19(15)23-20(25)22-18-9-11-24(12-10-18)14-16-5-3-2-4-6-16/h2-8,13,18H,9-12,14H2,1H3,(H2,22,23,25). The maximum absolute atomic E-state index is 12.3. The van der Waals surface area contributed by atoms with Gasteiger partial charge >= 0.3 is 6.03 Å². The van der Waals surface area contributed by atoms with E-state index in [1.54, 1.807) is 0 Å². The van der Waals surface area contributed by atoms with E-state index in [1.165, 1.54) is 5.56 Å². The molecule has 1 saturated heterocycles. The Morgan fingerprint density at radius 1 is 1.16 bits per heavy atom. The first-order valence-corrected chi connectivity index (χ1v) is 9.49. The lowest BCUT2D eigenvalue weighted by atomic mass is 10.0. The Balaban J connectivity index is 1.45. The Kier molecular flexibility index (Phi) is 6.10. The van der Waals surface area contributed by atoms with Gasteiger partial charge in [0, 0.05) is 35.8 Å². The van der Waals surface area contributed by atoms with Gasteiger partial charge in [-0.05, 0) is 43.0 Å². The number of carbonyl (C=O) groups is 1. The van der Waals surface area contributed by atoms with Crippen LogP contribution in [0.15, 0.2) is 53.0 Å². The van der Waals surface area contributed by atoms with Crippen molar-refractivity contribution in [2.45, 2.75) is 32.4 Å². The van der Waals surface area contributed by atoms with Crippen molar-refractivity contribution in [2.75, 3.05) is 18.4 Å². The maximum Gasteiger partial charge on any atom is 0.319 e. The third-order valence-corrected chi connectivity index (χ3v) is 5.11. The lowest BCUT2D eigenvalue weighted by Crippen LogP contribution is -2.45. The number of halogens is 1. The monoisotopic (exact) mass is 401 g/mol. The third kappa shape index (κ3) is 5.31. The van der Waals surface area contributed by atoms with Gasteiger partial charge in [-0.1, -0.05) is 52.3 Å². The molecule has 25 heavy (non-hydrogen) atoms. The zero-order chi connectivity index (χ0) is 17.6. The topological polar surface area (TPSA) is 44.4 Å². The van der Waals surface area contributed by atoms with E-state index in [0.717, 1.165) is 48.2 Å². The van der Waals surface area contributed by atoms with Crippen molar-refractivity contribution in [1.29, 1.82) is 0 Å². The number of nitrogens with zero attached hydrogens (tertiary/aromatic N) is 1. The molecule has 1 aliphatic rings. The fourth-order valence-electron chi connectivity index (χ4n) is 3.15. The summed E-state index contributed by atoms with van der Waals surface area (Å²) in [6, 6.07) is 16.5. The van der Waals surface area contributed by atoms with Crippen molar-refractivity contribution >= 4 is 27.6 Å². The highest BCUT2D eigenvalue weighted by molar-refractivity contribution is 9.10. The Labute approximate surface area is 157 Å². The highest BCUT2D eigenvalue weighted by Crippen LogP contribution is 2.21. The number of aryl methyl sites for hydroxylation is 1. The molecular formula is C20H24BrN3O. The summed E-state index contributed by atoms with van der Waals surface area (Å²) in [5.74, 6) is 0. The molecule has 132 valence electrons. The van der Waals surface area contributed by atoms with Crippen LogP contribution in [0.2, 0.25) is 0 Å². The van der Waals surface area contributed by atoms with E-state index in [0.29, 0.717) is 0 Å². The highest BCUT2D eigenvalue weighted by Gasteiger charge is 2.20. The zero-order valence-corrected chi connectivity index (χ0v) is 16.1. The number of amides is 2. The fraction of sp³-hybridized carbons (Fsp3) is 0.350. The summed E-state index contributed by atoms with van der Waals surface area (Å²) >= 11 is 3.44. The number of nitrogens with one attached hydrogen (secondary N) is 2. The second kappa shape index (κ2) is 8.50. The first-order valence-electron chi connectivity index (χ1n) is 8.70. The number of hydrogen-bond donors (Lipinski definition) is 2. The lowest BCUT2D eigenvalue weighted by Gasteiger charge is -2.32. The number of urea groups is 1. The van der Waals surface area contributed by atoms with Crippen LogP contribution in [0.1, 0.15) is 24.0 Å². The number of piperidine rings is 1. The molecule has 0 saturated carbocycles. The average Bonchev–Trinajstić information content (AvgIpc) is 2.61. The minimum absolute atomic E-state index is 0.122. The van der Waals surface area contributed by atoms with Crippen molar-refractivity contribution in [2.24, 2.45) is 0 Å². The first kappa shape index (κ1) is 18.0. The van der Waals surface area contributed by atoms with Gasteiger partial charge in [0.05, 0.1) is 0 Å². The van der Waals surface area contributed by atoms with Crippen molar-refractivity contribution in [1.82, 2.24) is 10.2 Å². The third-order valence-electron chi connectivity index (χ3n) is 4.62. The van der Waals surface area contributed by atoms with Gasteiger partial charge in [0.15, 0.2) is 0 Å². The summed E-state index contributed by atoms with van der Waals surface area (Å²) in [5, 5.41) is 6.06. The van der Waals surface area contributed by atoms with E-state index in [9.17, 15) is 4.79 Å². The average molecular weight is 402 g/mol. The molecule has 0 bridgehead atoms. The number of rotatable bonds is 4. The number of carbonyl (C=O) groups excluding carboxylic acids is 1. The summed E-state index contributed by atoms with van der Waals surface area (Å²) in [6.07, 6.45) is 1.97. The van der Waals surface area contributed by atoms with Gasteiger partial charge in [-0.3, -0.25) is 4.90 Å². The summed E-state index contributed by atoms with van der Waals surface area (Å²) in [4.78, 5) is 14.7. The zero-order valence-electron chi connectivity index (χ0n) is 14.5. The van der Waals surface area contributed by atoms with Crippen LogP contribution >= 0.6 is 15.9 Å². The lowest BCUT2D eigenvalue weighted by molar-refractivity contribution is 0.190. The molecule has 0 atom stereocenters. The van der Waals surface area contributed by atoms with Crippen LogP contribution in [0.3, 0.4) is 0 Å². The number of anilines is 1. The smallest absolute Gasteiger partial charge is 0.319 e.